The monoisotopic (exact) mass is 226 g/mol. The number of rotatable bonds is 5. The number of likely N-dealkylation sites (tertiary alicyclic amines) is 1. The lowest BCUT2D eigenvalue weighted by Crippen LogP contribution is -2.35. The van der Waals surface area contributed by atoms with Gasteiger partial charge in [-0.1, -0.05) is 0 Å². The molecule has 0 saturated carbocycles. The molecule has 0 bridgehead atoms. The number of hydrogen-bond donors (Lipinski definition) is 1. The lowest BCUT2D eigenvalue weighted by molar-refractivity contribution is 0.183. The van der Waals surface area contributed by atoms with E-state index >= 15 is 0 Å². The van der Waals surface area contributed by atoms with Crippen LogP contribution in [0.25, 0.3) is 0 Å². The van der Waals surface area contributed by atoms with Gasteiger partial charge >= 0.3 is 0 Å². The molecule has 1 N–H and O–H groups in total. The van der Waals surface area contributed by atoms with Gasteiger partial charge in [0.15, 0.2) is 0 Å². The molecule has 2 fully saturated rings. The van der Waals surface area contributed by atoms with Gasteiger partial charge in [0.2, 0.25) is 0 Å². The van der Waals surface area contributed by atoms with E-state index < -0.39 is 0 Å². The molecule has 3 nitrogen and oxygen atoms in total. The van der Waals surface area contributed by atoms with Crippen LogP contribution in [0.3, 0.4) is 0 Å². The van der Waals surface area contributed by atoms with Crippen LogP contribution < -0.4 is 5.32 Å². The Morgan fingerprint density at radius 2 is 2.00 bits per heavy atom. The van der Waals surface area contributed by atoms with Crippen LogP contribution in [-0.2, 0) is 4.74 Å². The van der Waals surface area contributed by atoms with Crippen molar-refractivity contribution >= 4 is 0 Å². The third-order valence-electron chi connectivity index (χ3n) is 4.02. The Hall–Kier alpha value is -0.120. The van der Waals surface area contributed by atoms with Gasteiger partial charge in [-0.05, 0) is 70.7 Å². The molecule has 0 spiro atoms. The van der Waals surface area contributed by atoms with Gasteiger partial charge in [-0.15, -0.1) is 0 Å². The maximum absolute atomic E-state index is 5.38. The minimum absolute atomic E-state index is 0.824. The molecular weight excluding hydrogens is 200 g/mol. The van der Waals surface area contributed by atoms with Crippen LogP contribution in [-0.4, -0.2) is 51.3 Å². The van der Waals surface area contributed by atoms with Gasteiger partial charge in [0, 0.05) is 13.2 Å². The average molecular weight is 226 g/mol. The highest BCUT2D eigenvalue weighted by Gasteiger charge is 2.17. The third-order valence-corrected chi connectivity index (χ3v) is 4.02. The van der Waals surface area contributed by atoms with Crippen molar-refractivity contribution in [3.05, 3.63) is 0 Å². The van der Waals surface area contributed by atoms with E-state index in [2.05, 4.69) is 17.3 Å². The van der Waals surface area contributed by atoms with Gasteiger partial charge in [0.05, 0.1) is 0 Å². The second kappa shape index (κ2) is 6.58. The van der Waals surface area contributed by atoms with E-state index in [4.69, 9.17) is 4.74 Å². The van der Waals surface area contributed by atoms with E-state index in [1.54, 1.807) is 0 Å². The van der Waals surface area contributed by atoms with Crippen molar-refractivity contribution in [3.63, 3.8) is 0 Å². The smallest absolute Gasteiger partial charge is 0.0495 e. The first-order valence-electron chi connectivity index (χ1n) is 6.81. The van der Waals surface area contributed by atoms with E-state index in [1.165, 1.54) is 51.9 Å². The van der Waals surface area contributed by atoms with Crippen molar-refractivity contribution in [1.82, 2.24) is 10.2 Å². The van der Waals surface area contributed by atoms with Crippen molar-refractivity contribution in [1.29, 1.82) is 0 Å². The van der Waals surface area contributed by atoms with E-state index in [1.807, 2.05) is 0 Å². The highest BCUT2D eigenvalue weighted by molar-refractivity contribution is 4.72. The van der Waals surface area contributed by atoms with Gasteiger partial charge in [-0.2, -0.15) is 0 Å². The van der Waals surface area contributed by atoms with Crippen molar-refractivity contribution in [2.24, 2.45) is 11.8 Å². The van der Waals surface area contributed by atoms with Gasteiger partial charge in [-0.25, -0.2) is 0 Å². The number of nitrogens with one attached hydrogen (secondary N) is 1. The number of ether oxygens (including phenoxy) is 1. The molecule has 94 valence electrons. The quantitative estimate of drug-likeness (QED) is 0.716. The van der Waals surface area contributed by atoms with Crippen molar-refractivity contribution in [2.45, 2.75) is 25.7 Å². The molecule has 0 aromatic heterocycles. The molecule has 2 aliphatic heterocycles. The molecule has 3 heteroatoms. The zero-order chi connectivity index (χ0) is 11.2. The molecule has 0 aromatic rings. The highest BCUT2D eigenvalue weighted by atomic mass is 16.5. The van der Waals surface area contributed by atoms with Crippen LogP contribution in [0.2, 0.25) is 0 Å². The summed E-state index contributed by atoms with van der Waals surface area (Å²) in [5.74, 6) is 1.74. The van der Waals surface area contributed by atoms with Crippen LogP contribution >= 0.6 is 0 Å². The van der Waals surface area contributed by atoms with Crippen LogP contribution in [0, 0.1) is 11.8 Å². The Labute approximate surface area is 99.5 Å². The van der Waals surface area contributed by atoms with Crippen molar-refractivity contribution in [2.75, 3.05) is 46.4 Å². The fraction of sp³-hybridized carbons (Fsp3) is 1.00. The maximum atomic E-state index is 5.38. The Balaban J connectivity index is 1.48. The van der Waals surface area contributed by atoms with Crippen LogP contribution in [0.5, 0.6) is 0 Å². The maximum Gasteiger partial charge on any atom is 0.0495 e. The SMILES string of the molecule is CN1CCC(CNCCC2CCOC2)CC1. The minimum Gasteiger partial charge on any atom is -0.381 e. The molecule has 2 saturated heterocycles. The normalized spacial score (nSPS) is 28.7. The summed E-state index contributed by atoms with van der Waals surface area (Å²) in [5.41, 5.74) is 0. The Morgan fingerprint density at radius 3 is 2.69 bits per heavy atom. The van der Waals surface area contributed by atoms with Crippen LogP contribution in [0.4, 0.5) is 0 Å². The zero-order valence-electron chi connectivity index (χ0n) is 10.6. The topological polar surface area (TPSA) is 24.5 Å². The Bertz CT molecular complexity index is 184. The molecule has 0 radical (unpaired) electrons. The molecule has 2 rings (SSSR count). The van der Waals surface area contributed by atoms with Crippen LogP contribution in [0.1, 0.15) is 25.7 Å². The summed E-state index contributed by atoms with van der Waals surface area (Å²) < 4.78 is 5.38. The summed E-state index contributed by atoms with van der Waals surface area (Å²) >= 11 is 0. The summed E-state index contributed by atoms with van der Waals surface area (Å²) in [7, 11) is 2.23. The lowest BCUT2D eigenvalue weighted by atomic mass is 9.97. The average Bonchev–Trinajstić information content (AvgIpc) is 2.80. The first-order chi connectivity index (χ1) is 7.84. The van der Waals surface area contributed by atoms with E-state index in [9.17, 15) is 0 Å². The fourth-order valence-electron chi connectivity index (χ4n) is 2.69. The van der Waals surface area contributed by atoms with Gasteiger partial charge in [0.25, 0.3) is 0 Å². The zero-order valence-corrected chi connectivity index (χ0v) is 10.6. The predicted molar refractivity (Wildman–Crippen MR) is 66.6 cm³/mol. The van der Waals surface area contributed by atoms with Crippen LogP contribution in [0.15, 0.2) is 0 Å². The summed E-state index contributed by atoms with van der Waals surface area (Å²) in [6, 6.07) is 0. The second-order valence-corrected chi connectivity index (χ2v) is 5.47. The van der Waals surface area contributed by atoms with Crippen molar-refractivity contribution in [3.8, 4) is 0 Å². The standard InChI is InChI=1S/C13H26N2O/c1-15-7-3-12(4-8-15)10-14-6-2-13-5-9-16-11-13/h12-14H,2-11H2,1H3. The van der Waals surface area contributed by atoms with Crippen molar-refractivity contribution < 1.29 is 4.74 Å². The number of piperidine rings is 1. The largest absolute Gasteiger partial charge is 0.381 e. The predicted octanol–water partition coefficient (Wildman–Crippen LogP) is 1.34. The van der Waals surface area contributed by atoms with E-state index in [0.29, 0.717) is 0 Å². The summed E-state index contributed by atoms with van der Waals surface area (Å²) in [6.45, 7) is 6.95. The first-order valence-corrected chi connectivity index (χ1v) is 6.81. The first kappa shape index (κ1) is 12.3. The highest BCUT2D eigenvalue weighted by Crippen LogP contribution is 2.16. The molecule has 2 heterocycles. The minimum atomic E-state index is 0.824. The lowest BCUT2D eigenvalue weighted by Gasteiger charge is -2.29. The molecule has 0 aromatic carbocycles. The molecule has 2 aliphatic rings. The third kappa shape index (κ3) is 4.04. The number of nitrogens with zero attached hydrogens (tertiary/aromatic N) is 1. The summed E-state index contributed by atoms with van der Waals surface area (Å²) in [4.78, 5) is 2.44. The molecular formula is C13H26N2O. The second-order valence-electron chi connectivity index (χ2n) is 5.47. The molecule has 0 aliphatic carbocycles. The number of hydrogen-bond acceptors (Lipinski definition) is 3. The van der Waals surface area contributed by atoms with E-state index in [-0.39, 0.29) is 0 Å². The summed E-state index contributed by atoms with van der Waals surface area (Å²) in [6.07, 6.45) is 5.31. The van der Waals surface area contributed by atoms with Gasteiger partial charge in [0.1, 0.15) is 0 Å². The summed E-state index contributed by atoms with van der Waals surface area (Å²) in [5, 5.41) is 3.62. The van der Waals surface area contributed by atoms with Gasteiger partial charge in [-0.3, -0.25) is 0 Å². The Kier molecular flexibility index (Phi) is 5.07. The molecule has 1 unspecified atom stereocenters. The molecule has 16 heavy (non-hydrogen) atoms. The fourth-order valence-corrected chi connectivity index (χ4v) is 2.69. The van der Waals surface area contributed by atoms with Gasteiger partial charge < -0.3 is 15.0 Å². The van der Waals surface area contributed by atoms with E-state index in [0.717, 1.165) is 25.0 Å². The Morgan fingerprint density at radius 1 is 1.19 bits per heavy atom. The molecule has 1 atom stereocenters. The molecule has 0 amide bonds.